The van der Waals surface area contributed by atoms with Crippen molar-refractivity contribution in [1.82, 2.24) is 14.5 Å². The van der Waals surface area contributed by atoms with Crippen LogP contribution in [0.3, 0.4) is 0 Å². The number of nitrogens with zero attached hydrogens (tertiary/aromatic N) is 3. The molecule has 0 aromatic carbocycles. The van der Waals surface area contributed by atoms with Crippen molar-refractivity contribution in [2.75, 3.05) is 20.1 Å². The van der Waals surface area contributed by atoms with E-state index >= 15 is 0 Å². The van der Waals surface area contributed by atoms with E-state index in [1.54, 1.807) is 0 Å². The third-order valence-electron chi connectivity index (χ3n) is 3.56. The normalized spacial score (nSPS) is 23.5. The molecule has 4 heteroatoms. The molecule has 1 saturated heterocycles. The summed E-state index contributed by atoms with van der Waals surface area (Å²) in [5.41, 5.74) is 7.46. The molecule has 1 aromatic rings. The summed E-state index contributed by atoms with van der Waals surface area (Å²) >= 11 is 0. The Morgan fingerprint density at radius 2 is 2.29 bits per heavy atom. The van der Waals surface area contributed by atoms with Crippen LogP contribution in [0.4, 0.5) is 0 Å². The van der Waals surface area contributed by atoms with Crippen molar-refractivity contribution in [3.05, 3.63) is 18.2 Å². The van der Waals surface area contributed by atoms with E-state index in [4.69, 9.17) is 5.73 Å². The fraction of sp³-hybridized carbons (Fsp3) is 0.769. The minimum absolute atomic E-state index is 0.114. The summed E-state index contributed by atoms with van der Waals surface area (Å²) in [7, 11) is 2.17. The van der Waals surface area contributed by atoms with Crippen molar-refractivity contribution in [2.45, 2.75) is 38.8 Å². The number of aromatic nitrogens is 2. The van der Waals surface area contributed by atoms with Crippen molar-refractivity contribution in [3.63, 3.8) is 0 Å². The molecule has 0 amide bonds. The first-order valence-electron chi connectivity index (χ1n) is 6.53. The molecule has 0 spiro atoms. The third-order valence-corrected chi connectivity index (χ3v) is 3.56. The van der Waals surface area contributed by atoms with Gasteiger partial charge in [0, 0.05) is 24.8 Å². The number of hydrogen-bond acceptors (Lipinski definition) is 3. The molecular formula is C13H24N4. The number of imidazole rings is 1. The summed E-state index contributed by atoms with van der Waals surface area (Å²) < 4.78 is 2.29. The second-order valence-electron chi connectivity index (χ2n) is 5.67. The van der Waals surface area contributed by atoms with Crippen molar-refractivity contribution in [1.29, 1.82) is 0 Å². The minimum atomic E-state index is 0.114. The Morgan fingerprint density at radius 1 is 1.53 bits per heavy atom. The van der Waals surface area contributed by atoms with Gasteiger partial charge in [-0.25, -0.2) is 4.98 Å². The van der Waals surface area contributed by atoms with Gasteiger partial charge in [-0.15, -0.1) is 0 Å². The van der Waals surface area contributed by atoms with Gasteiger partial charge in [0.15, 0.2) is 0 Å². The number of nitrogens with two attached hydrogens (primary N) is 1. The Morgan fingerprint density at radius 3 is 2.88 bits per heavy atom. The number of likely N-dealkylation sites (tertiary alicyclic amines) is 1. The lowest BCUT2D eigenvalue weighted by Gasteiger charge is -2.20. The third kappa shape index (κ3) is 2.87. The topological polar surface area (TPSA) is 47.1 Å². The van der Waals surface area contributed by atoms with Crippen LogP contribution >= 0.6 is 0 Å². The van der Waals surface area contributed by atoms with E-state index in [1.807, 2.05) is 12.5 Å². The van der Waals surface area contributed by atoms with Crippen molar-refractivity contribution >= 4 is 0 Å². The van der Waals surface area contributed by atoms with Crippen molar-refractivity contribution < 1.29 is 0 Å². The highest BCUT2D eigenvalue weighted by molar-refractivity contribution is 5.07. The van der Waals surface area contributed by atoms with E-state index < -0.39 is 0 Å². The van der Waals surface area contributed by atoms with Crippen LogP contribution in [0.15, 0.2) is 12.5 Å². The molecule has 2 atom stereocenters. The van der Waals surface area contributed by atoms with E-state index in [9.17, 15) is 0 Å². The lowest BCUT2D eigenvalue weighted by atomic mass is 10.0. The Labute approximate surface area is 104 Å². The molecular weight excluding hydrogens is 212 g/mol. The maximum absolute atomic E-state index is 6.27. The minimum Gasteiger partial charge on any atom is -0.329 e. The molecule has 0 bridgehead atoms. The molecule has 2 heterocycles. The zero-order valence-corrected chi connectivity index (χ0v) is 11.1. The summed E-state index contributed by atoms with van der Waals surface area (Å²) in [5, 5.41) is 0. The van der Waals surface area contributed by atoms with Crippen LogP contribution in [-0.2, 0) is 0 Å². The molecule has 1 aromatic heterocycles. The molecule has 2 N–H and O–H groups in total. The Hall–Kier alpha value is -0.870. The van der Waals surface area contributed by atoms with E-state index in [2.05, 4.69) is 35.3 Å². The standard InChI is InChI=1S/C13H24N4/c1-10(2)6-12(14)13-7-15-9-17(13)11-4-5-16(3)8-11/h7,9-12H,4-6,8,14H2,1-3H3. The quantitative estimate of drug-likeness (QED) is 0.867. The summed E-state index contributed by atoms with van der Waals surface area (Å²) in [6.45, 7) is 6.70. The lowest BCUT2D eigenvalue weighted by Crippen LogP contribution is -2.21. The highest BCUT2D eigenvalue weighted by Gasteiger charge is 2.24. The molecule has 0 aliphatic carbocycles. The molecule has 0 saturated carbocycles. The first-order valence-corrected chi connectivity index (χ1v) is 6.53. The van der Waals surface area contributed by atoms with Gasteiger partial charge in [-0.05, 0) is 32.4 Å². The van der Waals surface area contributed by atoms with Gasteiger partial charge in [0.05, 0.1) is 12.0 Å². The number of rotatable bonds is 4. The van der Waals surface area contributed by atoms with Gasteiger partial charge in [-0.3, -0.25) is 0 Å². The lowest BCUT2D eigenvalue weighted by molar-refractivity contribution is 0.384. The molecule has 2 rings (SSSR count). The average molecular weight is 236 g/mol. The fourth-order valence-electron chi connectivity index (χ4n) is 2.67. The highest BCUT2D eigenvalue weighted by atomic mass is 15.2. The summed E-state index contributed by atoms with van der Waals surface area (Å²) in [6, 6.07) is 0.666. The van der Waals surface area contributed by atoms with Gasteiger partial charge in [0.1, 0.15) is 0 Å². The maximum Gasteiger partial charge on any atom is 0.0951 e. The van der Waals surface area contributed by atoms with Crippen molar-refractivity contribution in [3.8, 4) is 0 Å². The van der Waals surface area contributed by atoms with E-state index in [0.717, 1.165) is 13.0 Å². The van der Waals surface area contributed by atoms with Crippen LogP contribution in [0.25, 0.3) is 0 Å². The first kappa shape index (κ1) is 12.6. The van der Waals surface area contributed by atoms with Gasteiger partial charge in [-0.2, -0.15) is 0 Å². The molecule has 4 nitrogen and oxygen atoms in total. The van der Waals surface area contributed by atoms with E-state index in [-0.39, 0.29) is 6.04 Å². The van der Waals surface area contributed by atoms with Crippen LogP contribution < -0.4 is 5.73 Å². The summed E-state index contributed by atoms with van der Waals surface area (Å²) in [6.07, 6.45) is 6.10. The molecule has 1 aliphatic heterocycles. The Bertz CT molecular complexity index is 358. The Kier molecular flexibility index (Phi) is 3.84. The monoisotopic (exact) mass is 236 g/mol. The van der Waals surface area contributed by atoms with Gasteiger partial charge in [-0.1, -0.05) is 13.8 Å². The average Bonchev–Trinajstić information content (AvgIpc) is 2.83. The smallest absolute Gasteiger partial charge is 0.0951 e. The van der Waals surface area contributed by atoms with Crippen LogP contribution in [0, 0.1) is 5.92 Å². The number of likely N-dealkylation sites (N-methyl/N-ethyl adjacent to an activating group) is 1. The van der Waals surface area contributed by atoms with Gasteiger partial charge in [0.25, 0.3) is 0 Å². The van der Waals surface area contributed by atoms with Crippen molar-refractivity contribution in [2.24, 2.45) is 11.7 Å². The van der Waals surface area contributed by atoms with E-state index in [1.165, 1.54) is 18.7 Å². The Balaban J connectivity index is 2.11. The first-order chi connectivity index (χ1) is 8.08. The molecule has 17 heavy (non-hydrogen) atoms. The van der Waals surface area contributed by atoms with Crippen LogP contribution in [0.5, 0.6) is 0 Å². The zero-order valence-electron chi connectivity index (χ0n) is 11.1. The van der Waals surface area contributed by atoms with Gasteiger partial charge < -0.3 is 15.2 Å². The fourth-order valence-corrected chi connectivity index (χ4v) is 2.67. The van der Waals surface area contributed by atoms with Crippen LogP contribution in [-0.4, -0.2) is 34.6 Å². The van der Waals surface area contributed by atoms with Gasteiger partial charge >= 0.3 is 0 Å². The molecule has 96 valence electrons. The van der Waals surface area contributed by atoms with E-state index in [0.29, 0.717) is 12.0 Å². The molecule has 2 unspecified atom stereocenters. The highest BCUT2D eigenvalue weighted by Crippen LogP contribution is 2.26. The predicted octanol–water partition coefficient (Wildman–Crippen LogP) is 1.81. The molecule has 1 fully saturated rings. The second-order valence-corrected chi connectivity index (χ2v) is 5.67. The summed E-state index contributed by atoms with van der Waals surface area (Å²) in [5.74, 6) is 0.625. The molecule has 0 radical (unpaired) electrons. The number of hydrogen-bond donors (Lipinski definition) is 1. The van der Waals surface area contributed by atoms with Crippen LogP contribution in [0.2, 0.25) is 0 Å². The predicted molar refractivity (Wildman–Crippen MR) is 69.8 cm³/mol. The van der Waals surface area contributed by atoms with Crippen LogP contribution in [0.1, 0.15) is 44.5 Å². The zero-order chi connectivity index (χ0) is 12.4. The largest absolute Gasteiger partial charge is 0.329 e. The maximum atomic E-state index is 6.27. The molecule has 1 aliphatic rings. The second kappa shape index (κ2) is 5.19. The summed E-state index contributed by atoms with van der Waals surface area (Å²) in [4.78, 5) is 6.65. The van der Waals surface area contributed by atoms with Gasteiger partial charge in [0.2, 0.25) is 0 Å². The SMILES string of the molecule is CC(C)CC(N)c1cncn1C1CCN(C)C1.